The van der Waals surface area contributed by atoms with Crippen LogP contribution in [0, 0.1) is 0 Å². The molecule has 0 radical (unpaired) electrons. The first-order chi connectivity index (χ1) is 10.0. The first-order valence-corrected chi connectivity index (χ1v) is 7.63. The molecule has 0 amide bonds. The molecule has 0 unspecified atom stereocenters. The second-order valence-corrected chi connectivity index (χ2v) is 5.85. The number of carbonyl (C=O) groups excluding carboxylic acids is 1. The van der Waals surface area contributed by atoms with Gasteiger partial charge in [-0.1, -0.05) is 12.1 Å². The second-order valence-electron chi connectivity index (χ2n) is 4.28. The Morgan fingerprint density at radius 3 is 2.86 bits per heavy atom. The Bertz CT molecular complexity index is 852. The van der Waals surface area contributed by atoms with Crippen LogP contribution < -0.4 is 0 Å². The molecule has 1 aromatic carbocycles. The number of ether oxygens (including phenoxy) is 1. The highest BCUT2D eigenvalue weighted by atomic mass is 32.2. The predicted molar refractivity (Wildman–Crippen MR) is 73.7 cm³/mol. The van der Waals surface area contributed by atoms with E-state index in [1.165, 1.54) is 23.1 Å². The quantitative estimate of drug-likeness (QED) is 0.774. The minimum atomic E-state index is -3.71. The minimum absolute atomic E-state index is 0.133. The molecule has 108 valence electrons. The van der Waals surface area contributed by atoms with Crippen LogP contribution in [-0.2, 0) is 14.8 Å². The van der Waals surface area contributed by atoms with E-state index in [-0.39, 0.29) is 22.9 Å². The number of rotatable bonds is 2. The number of hydrogen-bond donors (Lipinski definition) is 0. The van der Waals surface area contributed by atoms with Gasteiger partial charge in [-0.2, -0.15) is 13.5 Å². The Kier molecular flexibility index (Phi) is 3.09. The van der Waals surface area contributed by atoms with Crippen LogP contribution in [-0.4, -0.2) is 36.6 Å². The maximum Gasteiger partial charge on any atom is 0.341 e. The fraction of sp³-hybridized carbons (Fsp3) is 0.154. The van der Waals surface area contributed by atoms with Gasteiger partial charge in [0.25, 0.3) is 10.0 Å². The summed E-state index contributed by atoms with van der Waals surface area (Å²) in [6.07, 6.45) is 2.71. The highest BCUT2D eigenvalue weighted by molar-refractivity contribution is 7.90. The SMILES string of the molecule is CCOC(=O)c1cnn(C2=NS(=O)(=O)c3ccccc32)c1. The van der Waals surface area contributed by atoms with Crippen LogP contribution in [0.25, 0.3) is 0 Å². The Morgan fingerprint density at radius 2 is 2.10 bits per heavy atom. The molecule has 8 heteroatoms. The van der Waals surface area contributed by atoms with Crippen molar-refractivity contribution in [1.29, 1.82) is 0 Å². The molecule has 2 heterocycles. The van der Waals surface area contributed by atoms with Crippen LogP contribution >= 0.6 is 0 Å². The van der Waals surface area contributed by atoms with E-state index in [1.54, 1.807) is 25.1 Å². The Labute approximate surface area is 120 Å². The molecule has 2 aromatic rings. The molecule has 0 saturated heterocycles. The van der Waals surface area contributed by atoms with Gasteiger partial charge in [-0.3, -0.25) is 0 Å². The third-order valence-electron chi connectivity index (χ3n) is 2.92. The van der Waals surface area contributed by atoms with Crippen LogP contribution in [0.2, 0.25) is 0 Å². The van der Waals surface area contributed by atoms with Crippen molar-refractivity contribution in [3.63, 3.8) is 0 Å². The predicted octanol–water partition coefficient (Wildman–Crippen LogP) is 1.06. The van der Waals surface area contributed by atoms with Crippen molar-refractivity contribution in [3.8, 4) is 0 Å². The molecule has 3 rings (SSSR count). The summed E-state index contributed by atoms with van der Waals surface area (Å²) in [5.74, 6) is -0.348. The third-order valence-corrected chi connectivity index (χ3v) is 4.25. The molecule has 21 heavy (non-hydrogen) atoms. The van der Waals surface area contributed by atoms with Crippen molar-refractivity contribution in [2.75, 3.05) is 6.61 Å². The average molecular weight is 305 g/mol. The zero-order valence-electron chi connectivity index (χ0n) is 11.1. The van der Waals surface area contributed by atoms with Gasteiger partial charge in [0.05, 0.1) is 18.4 Å². The summed E-state index contributed by atoms with van der Waals surface area (Å²) in [5.41, 5.74) is 0.692. The molecule has 0 atom stereocenters. The number of nitrogens with zero attached hydrogens (tertiary/aromatic N) is 3. The van der Waals surface area contributed by atoms with Gasteiger partial charge in [-0.05, 0) is 19.1 Å². The lowest BCUT2D eigenvalue weighted by atomic mass is 10.2. The molecule has 0 aliphatic carbocycles. The normalized spacial score (nSPS) is 15.4. The third kappa shape index (κ3) is 2.23. The van der Waals surface area contributed by atoms with Crippen LogP contribution in [0.1, 0.15) is 22.8 Å². The van der Waals surface area contributed by atoms with Crippen molar-refractivity contribution < 1.29 is 17.9 Å². The molecular weight excluding hydrogens is 294 g/mol. The summed E-state index contributed by atoms with van der Waals surface area (Å²) in [5, 5.41) is 3.99. The molecular formula is C13H11N3O4S. The zero-order chi connectivity index (χ0) is 15.0. The summed E-state index contributed by atoms with van der Waals surface area (Å²) in [4.78, 5) is 11.7. The smallest absolute Gasteiger partial charge is 0.341 e. The molecule has 0 bridgehead atoms. The topological polar surface area (TPSA) is 90.6 Å². The minimum Gasteiger partial charge on any atom is -0.462 e. The molecule has 0 saturated carbocycles. The lowest BCUT2D eigenvalue weighted by molar-refractivity contribution is 0.0526. The van der Waals surface area contributed by atoms with Crippen LogP contribution in [0.3, 0.4) is 0 Å². The fourth-order valence-electron chi connectivity index (χ4n) is 2.01. The van der Waals surface area contributed by atoms with Gasteiger partial charge >= 0.3 is 5.97 Å². The maximum atomic E-state index is 12.0. The number of hydrogen-bond acceptors (Lipinski definition) is 5. The fourth-order valence-corrected chi connectivity index (χ4v) is 3.21. The molecule has 0 spiro atoms. The summed E-state index contributed by atoms with van der Waals surface area (Å²) in [6, 6.07) is 6.47. The van der Waals surface area contributed by atoms with Gasteiger partial charge in [0.1, 0.15) is 4.90 Å². The number of esters is 1. The Balaban J connectivity index is 2.05. The van der Waals surface area contributed by atoms with Crippen LogP contribution in [0.15, 0.2) is 46.0 Å². The molecule has 1 aliphatic rings. The van der Waals surface area contributed by atoms with E-state index in [4.69, 9.17) is 4.74 Å². The molecule has 0 fully saturated rings. The van der Waals surface area contributed by atoms with Crippen molar-refractivity contribution in [2.24, 2.45) is 4.40 Å². The number of fused-ring (bicyclic) bond motifs is 1. The lowest BCUT2D eigenvalue weighted by Gasteiger charge is -2.01. The van der Waals surface area contributed by atoms with Crippen molar-refractivity contribution >= 4 is 21.8 Å². The summed E-state index contributed by atoms with van der Waals surface area (Å²) in [7, 11) is -3.71. The number of carbonyl (C=O) groups is 1. The van der Waals surface area contributed by atoms with E-state index in [1.807, 2.05) is 0 Å². The van der Waals surface area contributed by atoms with Gasteiger partial charge < -0.3 is 4.74 Å². The van der Waals surface area contributed by atoms with E-state index in [0.29, 0.717) is 5.56 Å². The summed E-state index contributed by atoms with van der Waals surface area (Å²) in [6.45, 7) is 1.95. The standard InChI is InChI=1S/C13H11N3O4S/c1-2-20-13(17)9-7-14-16(8-9)12-10-5-3-4-6-11(10)21(18,19)15-12/h3-8H,2H2,1H3. The van der Waals surface area contributed by atoms with E-state index in [2.05, 4.69) is 9.50 Å². The molecule has 1 aliphatic heterocycles. The zero-order valence-corrected chi connectivity index (χ0v) is 11.9. The first kappa shape index (κ1) is 13.5. The highest BCUT2D eigenvalue weighted by Crippen LogP contribution is 2.26. The maximum absolute atomic E-state index is 12.0. The highest BCUT2D eigenvalue weighted by Gasteiger charge is 2.30. The molecule has 0 N–H and O–H groups in total. The van der Waals surface area contributed by atoms with E-state index >= 15 is 0 Å². The lowest BCUT2D eigenvalue weighted by Crippen LogP contribution is -2.12. The van der Waals surface area contributed by atoms with E-state index < -0.39 is 16.0 Å². The van der Waals surface area contributed by atoms with E-state index in [9.17, 15) is 13.2 Å². The van der Waals surface area contributed by atoms with Gasteiger partial charge in [0.15, 0.2) is 5.84 Å². The monoisotopic (exact) mass is 305 g/mol. The number of sulfonamides is 1. The van der Waals surface area contributed by atoms with Gasteiger partial charge in [0.2, 0.25) is 0 Å². The summed E-state index contributed by atoms with van der Waals surface area (Å²) >= 11 is 0. The van der Waals surface area contributed by atoms with Gasteiger partial charge in [-0.15, -0.1) is 4.40 Å². The number of benzene rings is 1. The molecule has 1 aromatic heterocycles. The van der Waals surface area contributed by atoms with Crippen molar-refractivity contribution in [3.05, 3.63) is 47.8 Å². The van der Waals surface area contributed by atoms with Gasteiger partial charge in [-0.25, -0.2) is 9.48 Å². The van der Waals surface area contributed by atoms with E-state index in [0.717, 1.165) is 0 Å². The van der Waals surface area contributed by atoms with Crippen molar-refractivity contribution in [2.45, 2.75) is 11.8 Å². The Hall–Kier alpha value is -2.48. The number of aromatic nitrogens is 2. The summed E-state index contributed by atoms with van der Waals surface area (Å²) < 4.78 is 33.8. The Morgan fingerprint density at radius 1 is 1.33 bits per heavy atom. The van der Waals surface area contributed by atoms with Gasteiger partial charge in [0, 0.05) is 11.8 Å². The molecule has 7 nitrogen and oxygen atoms in total. The van der Waals surface area contributed by atoms with Crippen LogP contribution in [0.5, 0.6) is 0 Å². The first-order valence-electron chi connectivity index (χ1n) is 6.19. The van der Waals surface area contributed by atoms with Crippen LogP contribution in [0.4, 0.5) is 0 Å². The average Bonchev–Trinajstić information content (AvgIpc) is 3.03. The second kappa shape index (κ2) is 4.81. The van der Waals surface area contributed by atoms with Crippen molar-refractivity contribution in [1.82, 2.24) is 9.78 Å². The largest absolute Gasteiger partial charge is 0.462 e.